The van der Waals surface area contributed by atoms with Gasteiger partial charge in [0.15, 0.2) is 22.2 Å². The first kappa shape index (κ1) is 19.2. The van der Waals surface area contributed by atoms with Crippen LogP contribution >= 0.6 is 11.3 Å². The van der Waals surface area contributed by atoms with Crippen LogP contribution in [0.1, 0.15) is 5.01 Å². The second kappa shape index (κ2) is 8.88. The predicted octanol–water partition coefficient (Wildman–Crippen LogP) is 4.18. The third-order valence-corrected chi connectivity index (χ3v) is 4.73. The van der Waals surface area contributed by atoms with Crippen LogP contribution in [-0.2, 0) is 0 Å². The molecule has 1 N–H and O–H groups in total. The van der Waals surface area contributed by atoms with Gasteiger partial charge in [-0.05, 0) is 42.5 Å². The van der Waals surface area contributed by atoms with Crippen molar-refractivity contribution in [3.8, 4) is 34.6 Å². The van der Waals surface area contributed by atoms with Gasteiger partial charge in [-0.2, -0.15) is 10.4 Å². The van der Waals surface area contributed by atoms with Crippen molar-refractivity contribution in [2.24, 2.45) is 5.10 Å². The Labute approximate surface area is 166 Å². The molecule has 0 unspecified atom stereocenters. The monoisotopic (exact) mass is 394 g/mol. The highest BCUT2D eigenvalue weighted by Gasteiger charge is 2.13. The zero-order chi connectivity index (χ0) is 19.9. The van der Waals surface area contributed by atoms with Crippen molar-refractivity contribution < 1.29 is 14.2 Å². The molecule has 0 aliphatic rings. The van der Waals surface area contributed by atoms with Crippen LogP contribution in [0.15, 0.2) is 52.9 Å². The van der Waals surface area contributed by atoms with Gasteiger partial charge in [0.05, 0.1) is 32.7 Å². The Kier molecular flexibility index (Phi) is 6.09. The van der Waals surface area contributed by atoms with E-state index in [0.29, 0.717) is 16.5 Å². The lowest BCUT2D eigenvalue weighted by Gasteiger charge is -2.08. The molecule has 0 amide bonds. The number of hydrazone groups is 1. The van der Waals surface area contributed by atoms with E-state index in [0.717, 1.165) is 22.7 Å². The summed E-state index contributed by atoms with van der Waals surface area (Å²) in [6.45, 7) is 0. The molecule has 0 atom stereocenters. The third kappa shape index (κ3) is 4.22. The summed E-state index contributed by atoms with van der Waals surface area (Å²) in [5.74, 6) is 2.00. The van der Waals surface area contributed by atoms with Crippen LogP contribution in [0.5, 0.6) is 17.2 Å². The summed E-state index contributed by atoms with van der Waals surface area (Å²) in [4.78, 5) is 4.53. The number of benzene rings is 2. The molecule has 1 aromatic heterocycles. The van der Waals surface area contributed by atoms with Gasteiger partial charge < -0.3 is 14.2 Å². The Morgan fingerprint density at radius 3 is 2.43 bits per heavy atom. The first-order chi connectivity index (χ1) is 13.7. The minimum absolute atomic E-state index is 0.201. The molecule has 3 aromatic rings. The second-order valence-electron chi connectivity index (χ2n) is 5.52. The number of rotatable bonds is 7. The largest absolute Gasteiger partial charge is 0.497 e. The van der Waals surface area contributed by atoms with Crippen molar-refractivity contribution in [3.63, 3.8) is 0 Å². The summed E-state index contributed by atoms with van der Waals surface area (Å²) in [5, 5.41) is 16.0. The molecule has 0 saturated carbocycles. The van der Waals surface area contributed by atoms with Crippen molar-refractivity contribution in [2.45, 2.75) is 0 Å². The zero-order valence-corrected chi connectivity index (χ0v) is 16.4. The smallest absolute Gasteiger partial charge is 0.196 e. The Balaban J connectivity index is 1.81. The Hall–Kier alpha value is -3.57. The minimum Gasteiger partial charge on any atom is -0.497 e. The van der Waals surface area contributed by atoms with Crippen LogP contribution in [0.4, 0.5) is 5.69 Å². The number of hydrogen-bond acceptors (Lipinski definition) is 8. The molecule has 0 aliphatic heterocycles. The van der Waals surface area contributed by atoms with Gasteiger partial charge in [0.25, 0.3) is 0 Å². The number of nitrogens with zero attached hydrogens (tertiary/aromatic N) is 3. The van der Waals surface area contributed by atoms with Crippen LogP contribution in [0.25, 0.3) is 11.3 Å². The molecule has 28 heavy (non-hydrogen) atoms. The number of anilines is 1. The Morgan fingerprint density at radius 1 is 1.04 bits per heavy atom. The number of methoxy groups -OCH3 is 3. The molecule has 0 aliphatic carbocycles. The van der Waals surface area contributed by atoms with Gasteiger partial charge in [0.2, 0.25) is 0 Å². The fourth-order valence-electron chi connectivity index (χ4n) is 2.42. The van der Waals surface area contributed by atoms with E-state index in [1.54, 1.807) is 21.3 Å². The minimum atomic E-state index is 0.201. The second-order valence-corrected chi connectivity index (χ2v) is 6.38. The molecule has 0 fully saturated rings. The van der Waals surface area contributed by atoms with E-state index >= 15 is 0 Å². The van der Waals surface area contributed by atoms with Gasteiger partial charge in [0.1, 0.15) is 11.8 Å². The molecule has 3 rings (SSSR count). The van der Waals surface area contributed by atoms with Gasteiger partial charge in [0, 0.05) is 10.9 Å². The maximum Gasteiger partial charge on any atom is 0.196 e. The number of thiazole rings is 1. The molecular weight excluding hydrogens is 376 g/mol. The molecule has 1 heterocycles. The Bertz CT molecular complexity index is 1020. The normalized spacial score (nSPS) is 10.9. The Morgan fingerprint density at radius 2 is 1.79 bits per heavy atom. The van der Waals surface area contributed by atoms with Crippen molar-refractivity contribution in [1.82, 2.24) is 4.98 Å². The van der Waals surface area contributed by atoms with Gasteiger partial charge >= 0.3 is 0 Å². The highest BCUT2D eigenvalue weighted by atomic mass is 32.1. The van der Waals surface area contributed by atoms with E-state index in [1.165, 1.54) is 11.3 Å². The first-order valence-electron chi connectivity index (χ1n) is 8.24. The summed E-state index contributed by atoms with van der Waals surface area (Å²) in [6.07, 6.45) is 0. The van der Waals surface area contributed by atoms with E-state index in [1.807, 2.05) is 47.8 Å². The summed E-state index contributed by atoms with van der Waals surface area (Å²) in [5.41, 5.74) is 5.40. The van der Waals surface area contributed by atoms with Gasteiger partial charge in [-0.15, -0.1) is 11.3 Å². The maximum absolute atomic E-state index is 9.46. The fourth-order valence-corrected chi connectivity index (χ4v) is 3.18. The lowest BCUT2D eigenvalue weighted by Crippen LogP contribution is -2.01. The SMILES string of the molecule is COc1ccc(NN=C(C#N)c2nc(-c3ccc(OC)c(OC)c3)cs2)cc1. The van der Waals surface area contributed by atoms with Crippen molar-refractivity contribution in [2.75, 3.05) is 26.8 Å². The molecule has 7 nitrogen and oxygen atoms in total. The molecule has 0 radical (unpaired) electrons. The third-order valence-electron chi connectivity index (χ3n) is 3.88. The molecule has 8 heteroatoms. The number of nitriles is 1. The quantitative estimate of drug-likeness (QED) is 0.478. The number of ether oxygens (including phenoxy) is 3. The average Bonchev–Trinajstić information content (AvgIpc) is 3.24. The van der Waals surface area contributed by atoms with E-state index in [4.69, 9.17) is 14.2 Å². The fraction of sp³-hybridized carbons (Fsp3) is 0.150. The van der Waals surface area contributed by atoms with Crippen molar-refractivity contribution in [3.05, 3.63) is 52.9 Å². The summed E-state index contributed by atoms with van der Waals surface area (Å²) in [6, 6.07) is 14.9. The predicted molar refractivity (Wildman–Crippen MR) is 109 cm³/mol. The summed E-state index contributed by atoms with van der Waals surface area (Å²) >= 11 is 1.35. The number of nitrogens with one attached hydrogen (secondary N) is 1. The highest BCUT2D eigenvalue weighted by Crippen LogP contribution is 2.32. The van der Waals surface area contributed by atoms with E-state index in [2.05, 4.69) is 21.6 Å². The van der Waals surface area contributed by atoms with E-state index in [9.17, 15) is 5.26 Å². The van der Waals surface area contributed by atoms with Crippen LogP contribution in [-0.4, -0.2) is 32.0 Å². The van der Waals surface area contributed by atoms with Gasteiger partial charge in [-0.3, -0.25) is 5.43 Å². The van der Waals surface area contributed by atoms with Crippen LogP contribution in [0.2, 0.25) is 0 Å². The van der Waals surface area contributed by atoms with E-state index < -0.39 is 0 Å². The summed E-state index contributed by atoms with van der Waals surface area (Å²) in [7, 11) is 4.77. The van der Waals surface area contributed by atoms with Crippen LogP contribution < -0.4 is 19.6 Å². The summed E-state index contributed by atoms with van der Waals surface area (Å²) < 4.78 is 15.7. The molecule has 142 valence electrons. The highest BCUT2D eigenvalue weighted by molar-refractivity contribution is 7.12. The van der Waals surface area contributed by atoms with E-state index in [-0.39, 0.29) is 5.71 Å². The molecule has 2 aromatic carbocycles. The van der Waals surface area contributed by atoms with Crippen LogP contribution in [0.3, 0.4) is 0 Å². The lowest BCUT2D eigenvalue weighted by atomic mass is 10.1. The first-order valence-corrected chi connectivity index (χ1v) is 9.12. The molecule has 0 bridgehead atoms. The van der Waals surface area contributed by atoms with Gasteiger partial charge in [-0.25, -0.2) is 4.98 Å². The zero-order valence-electron chi connectivity index (χ0n) is 15.6. The van der Waals surface area contributed by atoms with Gasteiger partial charge in [-0.1, -0.05) is 0 Å². The topological polar surface area (TPSA) is 88.8 Å². The van der Waals surface area contributed by atoms with Crippen LogP contribution in [0, 0.1) is 11.3 Å². The van der Waals surface area contributed by atoms with Crippen molar-refractivity contribution >= 4 is 22.7 Å². The number of aromatic nitrogens is 1. The molecule has 0 spiro atoms. The lowest BCUT2D eigenvalue weighted by molar-refractivity contribution is 0.355. The van der Waals surface area contributed by atoms with Crippen molar-refractivity contribution in [1.29, 1.82) is 5.26 Å². The maximum atomic E-state index is 9.46. The average molecular weight is 394 g/mol. The standard InChI is InChI=1S/C20H18N4O3S/c1-25-15-7-5-14(6-8-15)23-24-16(11-21)20-22-17(12-28-20)13-4-9-18(26-2)19(10-13)27-3/h4-10,12,23H,1-3H3. The molecule has 0 saturated heterocycles. The molecular formula is C20H18N4O3S. The number of hydrogen-bond donors (Lipinski definition) is 1.